The van der Waals surface area contributed by atoms with Gasteiger partial charge in [-0.25, -0.2) is 4.98 Å². The van der Waals surface area contributed by atoms with Crippen LogP contribution in [0.15, 0.2) is 18.2 Å². The number of fused-ring (bicyclic) bond motifs is 1. The third-order valence-electron chi connectivity index (χ3n) is 3.88. The van der Waals surface area contributed by atoms with Gasteiger partial charge in [-0.2, -0.15) is 0 Å². The minimum Gasteiger partial charge on any atom is -0.381 e. The molecular formula is C15H18Cl2N2O. The van der Waals surface area contributed by atoms with Gasteiger partial charge in [0.15, 0.2) is 0 Å². The van der Waals surface area contributed by atoms with E-state index in [0.717, 1.165) is 54.5 Å². The largest absolute Gasteiger partial charge is 0.381 e. The Morgan fingerprint density at radius 1 is 1.40 bits per heavy atom. The number of rotatable bonds is 3. The molecule has 1 aliphatic rings. The van der Waals surface area contributed by atoms with E-state index in [4.69, 9.17) is 27.9 Å². The number of alkyl halides is 1. The van der Waals surface area contributed by atoms with Crippen molar-refractivity contribution in [3.63, 3.8) is 0 Å². The molecule has 1 unspecified atom stereocenters. The summed E-state index contributed by atoms with van der Waals surface area (Å²) in [4.78, 5) is 4.66. The quantitative estimate of drug-likeness (QED) is 0.785. The first-order chi connectivity index (χ1) is 9.65. The van der Waals surface area contributed by atoms with Crippen molar-refractivity contribution in [1.82, 2.24) is 9.55 Å². The van der Waals surface area contributed by atoms with Gasteiger partial charge in [0, 0.05) is 24.8 Å². The summed E-state index contributed by atoms with van der Waals surface area (Å²) in [5.74, 6) is 1.55. The molecule has 0 radical (unpaired) electrons. The number of aromatic nitrogens is 2. The maximum absolute atomic E-state index is 6.30. The van der Waals surface area contributed by atoms with Crippen LogP contribution >= 0.6 is 23.2 Å². The minimum atomic E-state index is -0.110. The van der Waals surface area contributed by atoms with Gasteiger partial charge in [-0.3, -0.25) is 0 Å². The molecule has 3 rings (SSSR count). The molecule has 0 N–H and O–H groups in total. The van der Waals surface area contributed by atoms with Crippen LogP contribution in [0, 0.1) is 5.92 Å². The van der Waals surface area contributed by atoms with Crippen LogP contribution in [0.1, 0.15) is 31.0 Å². The number of benzene rings is 1. The van der Waals surface area contributed by atoms with E-state index in [0.29, 0.717) is 5.92 Å². The first kappa shape index (κ1) is 14.2. The smallest absolute Gasteiger partial charge is 0.127 e. The second kappa shape index (κ2) is 5.92. The van der Waals surface area contributed by atoms with Gasteiger partial charge >= 0.3 is 0 Å². The zero-order valence-corrected chi connectivity index (χ0v) is 13.0. The fourth-order valence-corrected chi connectivity index (χ4v) is 3.13. The van der Waals surface area contributed by atoms with Crippen molar-refractivity contribution in [3.8, 4) is 0 Å². The fraction of sp³-hybridized carbons (Fsp3) is 0.533. The summed E-state index contributed by atoms with van der Waals surface area (Å²) in [7, 11) is 0. The maximum Gasteiger partial charge on any atom is 0.127 e. The minimum absolute atomic E-state index is 0.110. The van der Waals surface area contributed by atoms with Gasteiger partial charge in [0.25, 0.3) is 0 Å². The molecule has 0 spiro atoms. The van der Waals surface area contributed by atoms with Gasteiger partial charge in [-0.05, 0) is 43.9 Å². The Morgan fingerprint density at radius 3 is 2.85 bits per heavy atom. The van der Waals surface area contributed by atoms with Gasteiger partial charge in [-0.15, -0.1) is 11.6 Å². The lowest BCUT2D eigenvalue weighted by atomic mass is 10.0. The Kier molecular flexibility index (Phi) is 4.20. The molecule has 5 heteroatoms. The van der Waals surface area contributed by atoms with E-state index < -0.39 is 0 Å². The molecule has 3 nitrogen and oxygen atoms in total. The Labute approximate surface area is 128 Å². The van der Waals surface area contributed by atoms with E-state index in [1.807, 2.05) is 25.1 Å². The Morgan fingerprint density at radius 2 is 2.15 bits per heavy atom. The topological polar surface area (TPSA) is 27.1 Å². The highest BCUT2D eigenvalue weighted by atomic mass is 35.5. The summed E-state index contributed by atoms with van der Waals surface area (Å²) in [5, 5.41) is 0.625. The molecule has 2 heterocycles. The average molecular weight is 313 g/mol. The number of halogens is 2. The van der Waals surface area contributed by atoms with Crippen molar-refractivity contribution in [3.05, 3.63) is 29.0 Å². The molecule has 0 bridgehead atoms. The molecule has 0 saturated carbocycles. The van der Waals surface area contributed by atoms with Crippen molar-refractivity contribution in [2.24, 2.45) is 5.92 Å². The Bertz CT molecular complexity index is 603. The molecule has 2 aromatic rings. The van der Waals surface area contributed by atoms with Crippen LogP contribution in [0.5, 0.6) is 0 Å². The lowest BCUT2D eigenvalue weighted by molar-refractivity contribution is 0.0613. The van der Waals surface area contributed by atoms with Crippen LogP contribution < -0.4 is 0 Å². The van der Waals surface area contributed by atoms with Crippen LogP contribution in [0.3, 0.4) is 0 Å². The van der Waals surface area contributed by atoms with Crippen LogP contribution in [-0.2, 0) is 11.3 Å². The zero-order chi connectivity index (χ0) is 14.1. The molecular weight excluding hydrogens is 295 g/mol. The van der Waals surface area contributed by atoms with Gasteiger partial charge in [0.05, 0.1) is 16.4 Å². The van der Waals surface area contributed by atoms with E-state index in [2.05, 4.69) is 9.55 Å². The van der Waals surface area contributed by atoms with Gasteiger partial charge in [-0.1, -0.05) is 11.6 Å². The van der Waals surface area contributed by atoms with Crippen molar-refractivity contribution in [2.45, 2.75) is 31.7 Å². The first-order valence-corrected chi connectivity index (χ1v) is 7.84. The number of imidazole rings is 1. The molecule has 108 valence electrons. The highest BCUT2D eigenvalue weighted by Gasteiger charge is 2.20. The molecule has 1 atom stereocenters. The number of ether oxygens (including phenoxy) is 1. The van der Waals surface area contributed by atoms with Crippen LogP contribution in [0.4, 0.5) is 0 Å². The fourth-order valence-electron chi connectivity index (χ4n) is 2.80. The van der Waals surface area contributed by atoms with E-state index >= 15 is 0 Å². The number of hydrogen-bond acceptors (Lipinski definition) is 2. The third kappa shape index (κ3) is 2.80. The molecule has 1 fully saturated rings. The average Bonchev–Trinajstić information content (AvgIpc) is 2.78. The number of nitrogens with zero attached hydrogens (tertiary/aromatic N) is 2. The van der Waals surface area contributed by atoms with E-state index in [-0.39, 0.29) is 5.38 Å². The summed E-state index contributed by atoms with van der Waals surface area (Å²) < 4.78 is 7.66. The summed E-state index contributed by atoms with van der Waals surface area (Å²) in [6.07, 6.45) is 2.19. The summed E-state index contributed by atoms with van der Waals surface area (Å²) in [6.45, 7) is 4.60. The normalized spacial score (nSPS) is 18.6. The van der Waals surface area contributed by atoms with Gasteiger partial charge in [0.1, 0.15) is 5.82 Å². The van der Waals surface area contributed by atoms with Crippen molar-refractivity contribution < 1.29 is 4.74 Å². The van der Waals surface area contributed by atoms with Gasteiger partial charge < -0.3 is 9.30 Å². The second-order valence-corrected chi connectivity index (χ2v) is 6.48. The second-order valence-electron chi connectivity index (χ2n) is 5.39. The molecule has 0 aliphatic carbocycles. The maximum atomic E-state index is 6.30. The van der Waals surface area contributed by atoms with Crippen molar-refractivity contribution in [1.29, 1.82) is 0 Å². The van der Waals surface area contributed by atoms with E-state index in [9.17, 15) is 0 Å². The standard InChI is InChI=1S/C15H18Cl2N2O/c1-10(16)15-18-13-3-2-12(17)8-14(13)19(15)9-11-4-6-20-7-5-11/h2-3,8,10-11H,4-7,9H2,1H3. The molecule has 1 aromatic carbocycles. The number of hydrogen-bond donors (Lipinski definition) is 0. The Balaban J connectivity index is 2.01. The Hall–Kier alpha value is -0.770. The van der Waals surface area contributed by atoms with E-state index in [1.54, 1.807) is 0 Å². The molecule has 1 aromatic heterocycles. The van der Waals surface area contributed by atoms with Crippen LogP contribution in [0.2, 0.25) is 5.02 Å². The summed E-state index contributed by atoms with van der Waals surface area (Å²) in [5.41, 5.74) is 2.04. The first-order valence-electron chi connectivity index (χ1n) is 7.02. The van der Waals surface area contributed by atoms with E-state index in [1.165, 1.54) is 0 Å². The zero-order valence-electron chi connectivity index (χ0n) is 11.5. The summed E-state index contributed by atoms with van der Waals surface area (Å²) in [6, 6.07) is 5.81. The van der Waals surface area contributed by atoms with Gasteiger partial charge in [0.2, 0.25) is 0 Å². The lowest BCUT2D eigenvalue weighted by Gasteiger charge is -2.24. The van der Waals surface area contributed by atoms with Crippen molar-refractivity contribution >= 4 is 34.2 Å². The molecule has 1 saturated heterocycles. The lowest BCUT2D eigenvalue weighted by Crippen LogP contribution is -2.21. The highest BCUT2D eigenvalue weighted by molar-refractivity contribution is 6.31. The monoisotopic (exact) mass is 312 g/mol. The molecule has 1 aliphatic heterocycles. The van der Waals surface area contributed by atoms with Crippen molar-refractivity contribution in [2.75, 3.05) is 13.2 Å². The van der Waals surface area contributed by atoms with Crippen LogP contribution in [0.25, 0.3) is 11.0 Å². The third-order valence-corrected chi connectivity index (χ3v) is 4.31. The van der Waals surface area contributed by atoms with Crippen LogP contribution in [-0.4, -0.2) is 22.8 Å². The SMILES string of the molecule is CC(Cl)c1nc2ccc(Cl)cc2n1CC1CCOCC1. The highest BCUT2D eigenvalue weighted by Crippen LogP contribution is 2.29. The molecule has 0 amide bonds. The predicted molar refractivity (Wildman–Crippen MR) is 82.6 cm³/mol. The molecule has 20 heavy (non-hydrogen) atoms. The summed E-state index contributed by atoms with van der Waals surface area (Å²) >= 11 is 12.4. The predicted octanol–water partition coefficient (Wildman–Crippen LogP) is 4.42.